The fraction of sp³-hybridized carbons (Fsp3) is 0.294. The van der Waals surface area contributed by atoms with Gasteiger partial charge in [-0.3, -0.25) is 4.31 Å². The molecule has 0 bridgehead atoms. The molecule has 0 aliphatic carbocycles. The first-order valence-electron chi connectivity index (χ1n) is 7.52. The molecule has 0 atom stereocenters. The van der Waals surface area contributed by atoms with Crippen LogP contribution in [0.25, 0.3) is 0 Å². The maximum Gasteiger partial charge on any atom is 0.264 e. The number of ether oxygens (including phenoxy) is 2. The zero-order valence-corrected chi connectivity index (χ0v) is 14.0. The van der Waals surface area contributed by atoms with Crippen molar-refractivity contribution in [2.45, 2.75) is 18.7 Å². The number of hydrogen-bond donors (Lipinski definition) is 0. The molecule has 0 saturated heterocycles. The Morgan fingerprint density at radius 3 is 2.26 bits per heavy atom. The van der Waals surface area contributed by atoms with E-state index in [0.717, 1.165) is 0 Å². The van der Waals surface area contributed by atoms with Gasteiger partial charge in [0, 0.05) is 12.6 Å². The highest BCUT2D eigenvalue weighted by Crippen LogP contribution is 2.36. The van der Waals surface area contributed by atoms with E-state index in [2.05, 4.69) is 0 Å². The summed E-state index contributed by atoms with van der Waals surface area (Å²) in [4.78, 5) is 0.243. The van der Waals surface area contributed by atoms with Crippen LogP contribution in [0.4, 0.5) is 5.69 Å². The standard InChI is InChI=1S/C17H19NO4S/c1-3-18(14-7-5-4-6-8-14)23(19,20)17-12-16-15(11-13(17)2)21-9-10-22-16/h4-8,11-12H,3,9-10H2,1-2H3. The van der Waals surface area contributed by atoms with Gasteiger partial charge in [0.1, 0.15) is 13.2 Å². The van der Waals surface area contributed by atoms with Crippen molar-refractivity contribution in [3.63, 3.8) is 0 Å². The predicted octanol–water partition coefficient (Wildman–Crippen LogP) is 2.98. The van der Waals surface area contributed by atoms with Crippen LogP contribution in [0, 0.1) is 6.92 Å². The van der Waals surface area contributed by atoms with E-state index in [9.17, 15) is 8.42 Å². The minimum absolute atomic E-state index is 0.243. The second-order valence-electron chi connectivity index (χ2n) is 5.27. The van der Waals surface area contributed by atoms with Crippen molar-refractivity contribution >= 4 is 15.7 Å². The molecule has 6 heteroatoms. The van der Waals surface area contributed by atoms with Crippen molar-refractivity contribution in [1.29, 1.82) is 0 Å². The lowest BCUT2D eigenvalue weighted by molar-refractivity contribution is 0.171. The number of sulfonamides is 1. The second-order valence-corrected chi connectivity index (χ2v) is 7.10. The minimum atomic E-state index is -3.67. The van der Waals surface area contributed by atoms with Gasteiger partial charge in [0.05, 0.1) is 10.6 Å². The van der Waals surface area contributed by atoms with Gasteiger partial charge in [-0.1, -0.05) is 18.2 Å². The van der Waals surface area contributed by atoms with Crippen molar-refractivity contribution in [3.05, 3.63) is 48.0 Å². The first-order chi connectivity index (χ1) is 11.0. The van der Waals surface area contributed by atoms with Gasteiger partial charge in [-0.15, -0.1) is 0 Å². The molecule has 0 unspecified atom stereocenters. The van der Waals surface area contributed by atoms with Gasteiger partial charge in [0.25, 0.3) is 10.0 Å². The van der Waals surface area contributed by atoms with E-state index in [0.29, 0.717) is 42.5 Å². The molecule has 2 aromatic carbocycles. The van der Waals surface area contributed by atoms with Crippen LogP contribution < -0.4 is 13.8 Å². The Morgan fingerprint density at radius 2 is 1.65 bits per heavy atom. The summed E-state index contributed by atoms with van der Waals surface area (Å²) in [5, 5.41) is 0. The molecule has 1 aliphatic heterocycles. The summed E-state index contributed by atoms with van der Waals surface area (Å²) >= 11 is 0. The molecule has 0 saturated carbocycles. The summed E-state index contributed by atoms with van der Waals surface area (Å²) in [5.41, 5.74) is 1.29. The normalized spacial score (nSPS) is 13.7. The number of fused-ring (bicyclic) bond motifs is 1. The Labute approximate surface area is 136 Å². The third-order valence-corrected chi connectivity index (χ3v) is 5.78. The number of aryl methyl sites for hydroxylation is 1. The largest absolute Gasteiger partial charge is 0.486 e. The van der Waals surface area contributed by atoms with Crippen LogP contribution in [0.5, 0.6) is 11.5 Å². The lowest BCUT2D eigenvalue weighted by atomic mass is 10.2. The molecule has 2 aromatic rings. The number of para-hydroxylation sites is 1. The highest BCUT2D eigenvalue weighted by atomic mass is 32.2. The molecule has 5 nitrogen and oxygen atoms in total. The predicted molar refractivity (Wildman–Crippen MR) is 88.8 cm³/mol. The average molecular weight is 333 g/mol. The van der Waals surface area contributed by atoms with Gasteiger partial charge in [0.15, 0.2) is 11.5 Å². The van der Waals surface area contributed by atoms with E-state index >= 15 is 0 Å². The number of anilines is 1. The maximum absolute atomic E-state index is 13.1. The van der Waals surface area contributed by atoms with Crippen LogP contribution in [0.2, 0.25) is 0 Å². The van der Waals surface area contributed by atoms with Crippen LogP contribution >= 0.6 is 0 Å². The molecule has 122 valence electrons. The Bertz CT molecular complexity index is 803. The van der Waals surface area contributed by atoms with Crippen LogP contribution in [-0.4, -0.2) is 28.2 Å². The Kier molecular flexibility index (Phi) is 4.17. The quantitative estimate of drug-likeness (QED) is 0.863. The summed E-state index contributed by atoms with van der Waals surface area (Å²) in [6.07, 6.45) is 0. The lowest BCUT2D eigenvalue weighted by Gasteiger charge is -2.25. The molecule has 23 heavy (non-hydrogen) atoms. The molecule has 0 fully saturated rings. The van der Waals surface area contributed by atoms with Gasteiger partial charge in [-0.2, -0.15) is 0 Å². The molecule has 1 heterocycles. The molecule has 3 rings (SSSR count). The first kappa shape index (κ1) is 15.7. The molecular weight excluding hydrogens is 314 g/mol. The molecule has 0 amide bonds. The first-order valence-corrected chi connectivity index (χ1v) is 8.96. The van der Waals surface area contributed by atoms with E-state index in [1.807, 2.05) is 25.1 Å². The monoisotopic (exact) mass is 333 g/mol. The molecule has 0 N–H and O–H groups in total. The van der Waals surface area contributed by atoms with Gasteiger partial charge in [-0.25, -0.2) is 8.42 Å². The fourth-order valence-electron chi connectivity index (χ4n) is 2.65. The smallest absolute Gasteiger partial charge is 0.264 e. The van der Waals surface area contributed by atoms with Crippen LogP contribution in [0.15, 0.2) is 47.4 Å². The maximum atomic E-state index is 13.1. The Morgan fingerprint density at radius 1 is 1.04 bits per heavy atom. The zero-order valence-electron chi connectivity index (χ0n) is 13.2. The summed E-state index contributed by atoms with van der Waals surface area (Å²) in [7, 11) is -3.67. The number of hydrogen-bond acceptors (Lipinski definition) is 4. The SMILES string of the molecule is CCN(c1ccccc1)S(=O)(=O)c1cc2c(cc1C)OCCO2. The van der Waals surface area contributed by atoms with Crippen LogP contribution in [0.3, 0.4) is 0 Å². The van der Waals surface area contributed by atoms with Crippen molar-refractivity contribution in [1.82, 2.24) is 0 Å². The van der Waals surface area contributed by atoms with E-state index in [-0.39, 0.29) is 4.90 Å². The van der Waals surface area contributed by atoms with Crippen LogP contribution in [0.1, 0.15) is 12.5 Å². The van der Waals surface area contributed by atoms with Gasteiger partial charge in [-0.05, 0) is 37.6 Å². The Hall–Kier alpha value is -2.21. The number of nitrogens with zero attached hydrogens (tertiary/aromatic N) is 1. The number of rotatable bonds is 4. The highest BCUT2D eigenvalue weighted by molar-refractivity contribution is 7.92. The Balaban J connectivity index is 2.08. The lowest BCUT2D eigenvalue weighted by Crippen LogP contribution is -2.31. The highest BCUT2D eigenvalue weighted by Gasteiger charge is 2.27. The fourth-order valence-corrected chi connectivity index (χ4v) is 4.35. The minimum Gasteiger partial charge on any atom is -0.486 e. The summed E-state index contributed by atoms with van der Waals surface area (Å²) in [6.45, 7) is 4.83. The van der Waals surface area contributed by atoms with E-state index in [1.54, 1.807) is 31.2 Å². The molecule has 1 aliphatic rings. The van der Waals surface area contributed by atoms with Gasteiger partial charge in [0.2, 0.25) is 0 Å². The molecule has 0 radical (unpaired) electrons. The van der Waals surface area contributed by atoms with Crippen molar-refractivity contribution in [3.8, 4) is 11.5 Å². The molecule has 0 spiro atoms. The van der Waals surface area contributed by atoms with Crippen molar-refractivity contribution in [2.24, 2.45) is 0 Å². The molecule has 0 aromatic heterocycles. The third-order valence-electron chi connectivity index (χ3n) is 3.74. The van der Waals surface area contributed by atoms with Gasteiger partial charge >= 0.3 is 0 Å². The van der Waals surface area contributed by atoms with E-state index in [4.69, 9.17) is 9.47 Å². The third kappa shape index (κ3) is 2.86. The zero-order chi connectivity index (χ0) is 16.4. The summed E-state index contributed by atoms with van der Waals surface area (Å²) in [5.74, 6) is 1.07. The summed E-state index contributed by atoms with van der Waals surface area (Å²) in [6, 6.07) is 12.4. The average Bonchev–Trinajstić information content (AvgIpc) is 2.55. The topological polar surface area (TPSA) is 55.8 Å². The van der Waals surface area contributed by atoms with Crippen LogP contribution in [-0.2, 0) is 10.0 Å². The van der Waals surface area contributed by atoms with Gasteiger partial charge < -0.3 is 9.47 Å². The van der Waals surface area contributed by atoms with Crippen molar-refractivity contribution in [2.75, 3.05) is 24.1 Å². The summed E-state index contributed by atoms with van der Waals surface area (Å²) < 4.78 is 38.6. The van der Waals surface area contributed by atoms with E-state index < -0.39 is 10.0 Å². The van der Waals surface area contributed by atoms with E-state index in [1.165, 1.54) is 4.31 Å². The number of benzene rings is 2. The van der Waals surface area contributed by atoms with Crippen molar-refractivity contribution < 1.29 is 17.9 Å². The molecular formula is C17H19NO4S. The second kappa shape index (κ2) is 6.12.